The Morgan fingerprint density at radius 1 is 1.13 bits per heavy atom. The maximum atomic E-state index is 13.7. The van der Waals surface area contributed by atoms with Gasteiger partial charge in [-0.25, -0.2) is 0 Å². The van der Waals surface area contributed by atoms with Crippen LogP contribution in [0.2, 0.25) is 0 Å². The number of aliphatic hydroxyl groups is 2. The van der Waals surface area contributed by atoms with Crippen molar-refractivity contribution in [1.29, 1.82) is 0 Å². The van der Waals surface area contributed by atoms with E-state index in [4.69, 9.17) is 0 Å². The van der Waals surface area contributed by atoms with Crippen molar-refractivity contribution < 1.29 is 24.6 Å². The van der Waals surface area contributed by atoms with Crippen LogP contribution in [0.1, 0.15) is 60.3 Å². The monoisotopic (exact) mass is 417 g/mol. The summed E-state index contributed by atoms with van der Waals surface area (Å²) < 4.78 is 0. The maximum absolute atomic E-state index is 13.7. The normalized spacial score (nSPS) is 41.9. The van der Waals surface area contributed by atoms with Gasteiger partial charge in [-0.3, -0.25) is 14.4 Å². The molecule has 1 saturated heterocycles. The summed E-state index contributed by atoms with van der Waals surface area (Å²) in [6.07, 6.45) is 2.04. The minimum absolute atomic E-state index is 0.0187. The zero-order chi connectivity index (χ0) is 22.4. The van der Waals surface area contributed by atoms with E-state index in [2.05, 4.69) is 26.1 Å². The Morgan fingerprint density at radius 3 is 2.43 bits per heavy atom. The predicted octanol–water partition coefficient (Wildman–Crippen LogP) is 2.34. The Balaban J connectivity index is 2.19. The van der Waals surface area contributed by atoms with Crippen LogP contribution in [-0.4, -0.2) is 45.9 Å². The molecule has 1 fully saturated rings. The molecule has 0 unspecified atom stereocenters. The van der Waals surface area contributed by atoms with Crippen molar-refractivity contribution in [3.8, 4) is 0 Å². The fourth-order valence-electron chi connectivity index (χ4n) is 5.77. The number of rotatable bonds is 2. The molecule has 0 aromatic rings. The van der Waals surface area contributed by atoms with Crippen LogP contribution in [0.15, 0.2) is 23.3 Å². The summed E-state index contributed by atoms with van der Waals surface area (Å²) in [4.78, 5) is 39.7. The number of Topliss-reactive ketones (excluding diaryl/α,β-unsaturated/α-hetero) is 2. The Kier molecular flexibility index (Phi) is 6.40. The Bertz CT molecular complexity index is 797. The number of amides is 1. The minimum atomic E-state index is -1.60. The van der Waals surface area contributed by atoms with Crippen molar-refractivity contribution in [1.82, 2.24) is 5.32 Å². The van der Waals surface area contributed by atoms with E-state index in [0.29, 0.717) is 12.3 Å². The molecule has 2 aliphatic carbocycles. The van der Waals surface area contributed by atoms with Crippen LogP contribution in [0.25, 0.3) is 0 Å². The standard InChI is InChI=1S/C24H35NO5/c1-12(2)8-17-21-15(5)14(4)10-16-9-13(3)6-7-18(26)22(29)19(27)11-20(28)24(16,21)23(30)25-17/h9-10,12,15-19,21,26-27H,6-8,11H2,1-5H3,(H,25,30)/b13-9+/t15-,16-,17+,18-,19+,21+,24+/m0/s1. The van der Waals surface area contributed by atoms with Gasteiger partial charge in [-0.05, 0) is 44.9 Å². The van der Waals surface area contributed by atoms with Gasteiger partial charge in [0.1, 0.15) is 17.6 Å². The van der Waals surface area contributed by atoms with Gasteiger partial charge in [0.05, 0.1) is 0 Å². The van der Waals surface area contributed by atoms with Crippen LogP contribution in [0.3, 0.4) is 0 Å². The third-order valence-electron chi connectivity index (χ3n) is 7.38. The highest BCUT2D eigenvalue weighted by Crippen LogP contribution is 2.55. The molecule has 3 rings (SSSR count). The zero-order valence-corrected chi connectivity index (χ0v) is 18.6. The fraction of sp³-hybridized carbons (Fsp3) is 0.708. The molecule has 7 atom stereocenters. The van der Waals surface area contributed by atoms with Gasteiger partial charge in [0.2, 0.25) is 5.91 Å². The topological polar surface area (TPSA) is 104 Å². The molecule has 166 valence electrons. The molecule has 1 amide bonds. The molecule has 0 aromatic heterocycles. The van der Waals surface area contributed by atoms with Crippen molar-refractivity contribution in [3.63, 3.8) is 0 Å². The second kappa shape index (κ2) is 8.39. The number of carbonyl (C=O) groups is 3. The van der Waals surface area contributed by atoms with Gasteiger partial charge in [0.25, 0.3) is 0 Å². The predicted molar refractivity (Wildman–Crippen MR) is 113 cm³/mol. The molecule has 0 radical (unpaired) electrons. The summed E-state index contributed by atoms with van der Waals surface area (Å²) in [5, 5.41) is 23.7. The second-order valence-electron chi connectivity index (χ2n) is 9.94. The van der Waals surface area contributed by atoms with Crippen molar-refractivity contribution in [2.24, 2.45) is 29.1 Å². The molecule has 3 N–H and O–H groups in total. The lowest BCUT2D eigenvalue weighted by molar-refractivity contribution is -0.149. The first-order chi connectivity index (χ1) is 14.0. The summed E-state index contributed by atoms with van der Waals surface area (Å²) in [6, 6.07) is -0.139. The summed E-state index contributed by atoms with van der Waals surface area (Å²) in [5.41, 5.74) is 0.734. The van der Waals surface area contributed by atoms with E-state index < -0.39 is 41.5 Å². The Hall–Kier alpha value is -1.79. The molecular formula is C24H35NO5. The molecule has 3 aliphatic rings. The molecule has 6 heteroatoms. The molecular weight excluding hydrogens is 382 g/mol. The fourth-order valence-corrected chi connectivity index (χ4v) is 5.77. The first-order valence-electron chi connectivity index (χ1n) is 11.1. The first kappa shape index (κ1) is 22.9. The highest BCUT2D eigenvalue weighted by Gasteiger charge is 2.65. The summed E-state index contributed by atoms with van der Waals surface area (Å²) in [5.74, 6) is -1.75. The van der Waals surface area contributed by atoms with Gasteiger partial charge < -0.3 is 15.5 Å². The van der Waals surface area contributed by atoms with E-state index in [1.54, 1.807) is 0 Å². The third kappa shape index (κ3) is 3.69. The van der Waals surface area contributed by atoms with Crippen LogP contribution in [0.4, 0.5) is 0 Å². The lowest BCUT2D eigenvalue weighted by Gasteiger charge is -2.45. The number of ketones is 2. The van der Waals surface area contributed by atoms with Gasteiger partial charge in [-0.15, -0.1) is 0 Å². The van der Waals surface area contributed by atoms with Crippen LogP contribution in [0.5, 0.6) is 0 Å². The lowest BCUT2D eigenvalue weighted by atomic mass is 9.54. The largest absolute Gasteiger partial charge is 0.385 e. The van der Waals surface area contributed by atoms with Crippen molar-refractivity contribution >= 4 is 17.5 Å². The number of aliphatic hydroxyl groups excluding tert-OH is 2. The van der Waals surface area contributed by atoms with E-state index in [1.807, 2.05) is 26.0 Å². The van der Waals surface area contributed by atoms with Gasteiger partial charge in [0.15, 0.2) is 11.6 Å². The number of nitrogens with one attached hydrogen (secondary N) is 1. The molecule has 1 spiro atoms. The van der Waals surface area contributed by atoms with Crippen LogP contribution >= 0.6 is 0 Å². The lowest BCUT2D eigenvalue weighted by Crippen LogP contribution is -2.53. The average Bonchev–Trinajstić information content (AvgIpc) is 2.94. The quantitative estimate of drug-likeness (QED) is 0.473. The first-order valence-corrected chi connectivity index (χ1v) is 11.1. The van der Waals surface area contributed by atoms with Gasteiger partial charge >= 0.3 is 0 Å². The van der Waals surface area contributed by atoms with Crippen molar-refractivity contribution in [2.75, 3.05) is 0 Å². The molecule has 1 heterocycles. The Morgan fingerprint density at radius 2 is 1.80 bits per heavy atom. The Labute approximate surface area is 178 Å². The molecule has 0 aromatic carbocycles. The van der Waals surface area contributed by atoms with E-state index in [9.17, 15) is 24.6 Å². The highest BCUT2D eigenvalue weighted by molar-refractivity contribution is 6.10. The molecule has 0 bridgehead atoms. The highest BCUT2D eigenvalue weighted by atomic mass is 16.3. The zero-order valence-electron chi connectivity index (χ0n) is 18.6. The average molecular weight is 418 g/mol. The molecule has 6 nitrogen and oxygen atoms in total. The van der Waals surface area contributed by atoms with Crippen LogP contribution < -0.4 is 5.32 Å². The number of allylic oxidation sites excluding steroid dienone is 4. The third-order valence-corrected chi connectivity index (χ3v) is 7.38. The molecule has 0 saturated carbocycles. The van der Waals surface area contributed by atoms with E-state index >= 15 is 0 Å². The van der Waals surface area contributed by atoms with Gasteiger partial charge in [-0.1, -0.05) is 44.1 Å². The summed E-state index contributed by atoms with van der Waals surface area (Å²) >= 11 is 0. The minimum Gasteiger partial charge on any atom is -0.385 e. The summed E-state index contributed by atoms with van der Waals surface area (Å²) in [7, 11) is 0. The van der Waals surface area contributed by atoms with Crippen molar-refractivity contribution in [3.05, 3.63) is 23.3 Å². The van der Waals surface area contributed by atoms with Gasteiger partial charge in [-0.2, -0.15) is 0 Å². The van der Waals surface area contributed by atoms with Gasteiger partial charge in [0, 0.05) is 24.3 Å². The SMILES string of the molecule is CC1=C[C@@H]2/C=C(\C)CC[C@H](O)C(=O)[C@H](O)CC(=O)[C@]23C(=O)N[C@H](CC(C)C)[C@H]3[C@H]1C. The van der Waals surface area contributed by atoms with E-state index in [-0.39, 0.29) is 30.2 Å². The van der Waals surface area contributed by atoms with E-state index in [1.165, 1.54) is 0 Å². The molecule has 30 heavy (non-hydrogen) atoms. The number of hydrogen-bond acceptors (Lipinski definition) is 5. The van der Waals surface area contributed by atoms with E-state index in [0.717, 1.165) is 17.6 Å². The smallest absolute Gasteiger partial charge is 0.235 e. The number of carbonyl (C=O) groups excluding carboxylic acids is 3. The van der Waals surface area contributed by atoms with Crippen molar-refractivity contribution in [2.45, 2.75) is 78.6 Å². The maximum Gasteiger partial charge on any atom is 0.235 e. The second-order valence-corrected chi connectivity index (χ2v) is 9.94. The summed E-state index contributed by atoms with van der Waals surface area (Å²) in [6.45, 7) is 10.2. The van der Waals surface area contributed by atoms with Crippen LogP contribution in [-0.2, 0) is 14.4 Å². The van der Waals surface area contributed by atoms with Crippen LogP contribution in [0, 0.1) is 29.1 Å². The number of hydrogen-bond donors (Lipinski definition) is 3. The molecule has 1 aliphatic heterocycles.